The standard InChI is InChI=1S/C19H32N2O2/c1-6-8-16-9-11-17(12-10-16)15(2)20-13-7-14-21-18(22)23-19(3,4)5/h9-12,15,20H,6-8,13-14H2,1-5H3,(H,21,22). The van der Waals surface area contributed by atoms with Gasteiger partial charge >= 0.3 is 6.09 Å². The fraction of sp³-hybridized carbons (Fsp3) is 0.632. The third kappa shape index (κ3) is 8.60. The lowest BCUT2D eigenvalue weighted by Crippen LogP contribution is -2.34. The summed E-state index contributed by atoms with van der Waals surface area (Å²) >= 11 is 0. The maximum absolute atomic E-state index is 11.5. The van der Waals surface area contributed by atoms with E-state index in [0.29, 0.717) is 12.6 Å². The molecule has 0 spiro atoms. The number of nitrogens with one attached hydrogen (secondary N) is 2. The third-order valence-electron chi connectivity index (χ3n) is 3.49. The van der Waals surface area contributed by atoms with Gasteiger partial charge in [-0.1, -0.05) is 37.6 Å². The van der Waals surface area contributed by atoms with Crippen LogP contribution in [0, 0.1) is 0 Å². The molecule has 1 aromatic carbocycles. The summed E-state index contributed by atoms with van der Waals surface area (Å²) in [7, 11) is 0. The zero-order valence-corrected chi connectivity index (χ0v) is 15.2. The van der Waals surface area contributed by atoms with Gasteiger partial charge in [0.25, 0.3) is 0 Å². The summed E-state index contributed by atoms with van der Waals surface area (Å²) in [6.45, 7) is 11.4. The summed E-state index contributed by atoms with van der Waals surface area (Å²) in [5.41, 5.74) is 2.25. The second-order valence-corrected chi connectivity index (χ2v) is 6.95. The molecule has 2 N–H and O–H groups in total. The minimum absolute atomic E-state index is 0.312. The largest absolute Gasteiger partial charge is 0.444 e. The van der Waals surface area contributed by atoms with Crippen molar-refractivity contribution in [1.82, 2.24) is 10.6 Å². The SMILES string of the molecule is CCCc1ccc(C(C)NCCCNC(=O)OC(C)(C)C)cc1. The van der Waals surface area contributed by atoms with E-state index < -0.39 is 5.60 Å². The molecular weight excluding hydrogens is 288 g/mol. The lowest BCUT2D eigenvalue weighted by Gasteiger charge is -2.20. The van der Waals surface area contributed by atoms with E-state index >= 15 is 0 Å². The van der Waals surface area contributed by atoms with Crippen LogP contribution >= 0.6 is 0 Å². The van der Waals surface area contributed by atoms with Crippen molar-refractivity contribution in [1.29, 1.82) is 0 Å². The van der Waals surface area contributed by atoms with E-state index in [-0.39, 0.29) is 6.09 Å². The van der Waals surface area contributed by atoms with E-state index in [1.807, 2.05) is 20.8 Å². The van der Waals surface area contributed by atoms with Crippen LogP contribution < -0.4 is 10.6 Å². The number of carbonyl (C=O) groups is 1. The summed E-state index contributed by atoms with van der Waals surface area (Å²) in [6.07, 6.45) is 2.84. The Balaban J connectivity index is 2.21. The Hall–Kier alpha value is -1.55. The van der Waals surface area contributed by atoms with E-state index in [9.17, 15) is 4.79 Å². The van der Waals surface area contributed by atoms with Gasteiger partial charge in [-0.25, -0.2) is 4.79 Å². The van der Waals surface area contributed by atoms with Crippen molar-refractivity contribution in [3.63, 3.8) is 0 Å². The van der Waals surface area contributed by atoms with Crippen LogP contribution in [0.3, 0.4) is 0 Å². The summed E-state index contributed by atoms with van der Waals surface area (Å²) in [5, 5.41) is 6.25. The minimum Gasteiger partial charge on any atom is -0.444 e. The highest BCUT2D eigenvalue weighted by atomic mass is 16.6. The first-order valence-electron chi connectivity index (χ1n) is 8.61. The molecule has 4 heteroatoms. The molecule has 1 atom stereocenters. The molecule has 1 amide bonds. The summed E-state index contributed by atoms with van der Waals surface area (Å²) in [6, 6.07) is 9.12. The number of hydrogen-bond donors (Lipinski definition) is 2. The third-order valence-corrected chi connectivity index (χ3v) is 3.49. The molecule has 0 aliphatic heterocycles. The van der Waals surface area contributed by atoms with Crippen molar-refractivity contribution in [2.75, 3.05) is 13.1 Å². The Bertz CT molecular complexity index is 463. The van der Waals surface area contributed by atoms with E-state index in [0.717, 1.165) is 19.4 Å². The predicted octanol–water partition coefficient (Wildman–Crippen LogP) is 4.20. The van der Waals surface area contributed by atoms with Crippen LogP contribution in [0.1, 0.15) is 64.6 Å². The van der Waals surface area contributed by atoms with Crippen molar-refractivity contribution < 1.29 is 9.53 Å². The lowest BCUT2D eigenvalue weighted by atomic mass is 10.0. The number of amides is 1. The van der Waals surface area contributed by atoms with E-state index in [1.165, 1.54) is 17.5 Å². The number of benzene rings is 1. The minimum atomic E-state index is -0.444. The smallest absolute Gasteiger partial charge is 0.407 e. The van der Waals surface area contributed by atoms with Gasteiger partial charge in [-0.2, -0.15) is 0 Å². The molecule has 1 rings (SSSR count). The molecular formula is C19H32N2O2. The molecule has 1 aromatic rings. The zero-order valence-electron chi connectivity index (χ0n) is 15.2. The van der Waals surface area contributed by atoms with Crippen LogP contribution in [0.25, 0.3) is 0 Å². The molecule has 0 saturated heterocycles. The Morgan fingerprint density at radius 3 is 2.39 bits per heavy atom. The first-order valence-corrected chi connectivity index (χ1v) is 8.61. The average Bonchev–Trinajstić information content (AvgIpc) is 2.46. The van der Waals surface area contributed by atoms with Gasteiger partial charge in [-0.15, -0.1) is 0 Å². The molecule has 23 heavy (non-hydrogen) atoms. The van der Waals surface area contributed by atoms with Gasteiger partial charge in [-0.3, -0.25) is 0 Å². The van der Waals surface area contributed by atoms with Crippen LogP contribution in [0.4, 0.5) is 4.79 Å². The molecule has 0 fully saturated rings. The number of rotatable bonds is 8. The van der Waals surface area contributed by atoms with Crippen LogP contribution in [0.15, 0.2) is 24.3 Å². The highest BCUT2D eigenvalue weighted by molar-refractivity contribution is 5.67. The number of ether oxygens (including phenoxy) is 1. The van der Waals surface area contributed by atoms with E-state index in [2.05, 4.69) is 48.7 Å². The average molecular weight is 320 g/mol. The van der Waals surface area contributed by atoms with Crippen molar-refractivity contribution >= 4 is 6.09 Å². The van der Waals surface area contributed by atoms with Crippen LogP contribution in [-0.2, 0) is 11.2 Å². The predicted molar refractivity (Wildman–Crippen MR) is 95.7 cm³/mol. The molecule has 130 valence electrons. The maximum atomic E-state index is 11.5. The van der Waals surface area contributed by atoms with Crippen molar-refractivity contribution in [3.8, 4) is 0 Å². The van der Waals surface area contributed by atoms with Crippen LogP contribution in [-0.4, -0.2) is 24.8 Å². The summed E-state index contributed by atoms with van der Waals surface area (Å²) < 4.78 is 5.20. The van der Waals surface area contributed by atoms with Crippen molar-refractivity contribution in [2.24, 2.45) is 0 Å². The topological polar surface area (TPSA) is 50.4 Å². The molecule has 0 bridgehead atoms. The van der Waals surface area contributed by atoms with Crippen LogP contribution in [0.5, 0.6) is 0 Å². The second kappa shape index (κ2) is 9.56. The number of alkyl carbamates (subject to hydrolysis) is 1. The highest BCUT2D eigenvalue weighted by Gasteiger charge is 2.15. The fourth-order valence-electron chi connectivity index (χ4n) is 2.29. The Labute approximate surface area is 141 Å². The van der Waals surface area contributed by atoms with E-state index in [1.54, 1.807) is 0 Å². The highest BCUT2D eigenvalue weighted by Crippen LogP contribution is 2.14. The van der Waals surface area contributed by atoms with Gasteiger partial charge in [0.15, 0.2) is 0 Å². The lowest BCUT2D eigenvalue weighted by molar-refractivity contribution is 0.0527. The van der Waals surface area contributed by atoms with Gasteiger partial charge in [0.05, 0.1) is 0 Å². The maximum Gasteiger partial charge on any atom is 0.407 e. The van der Waals surface area contributed by atoms with Crippen molar-refractivity contribution in [3.05, 3.63) is 35.4 Å². The molecule has 0 radical (unpaired) electrons. The molecule has 0 aromatic heterocycles. The monoisotopic (exact) mass is 320 g/mol. The number of hydrogen-bond acceptors (Lipinski definition) is 3. The first kappa shape index (κ1) is 19.5. The molecule has 0 aliphatic carbocycles. The summed E-state index contributed by atoms with van der Waals surface area (Å²) in [5.74, 6) is 0. The number of aryl methyl sites for hydroxylation is 1. The molecule has 4 nitrogen and oxygen atoms in total. The summed E-state index contributed by atoms with van der Waals surface area (Å²) in [4.78, 5) is 11.5. The fourth-order valence-corrected chi connectivity index (χ4v) is 2.29. The molecule has 0 heterocycles. The van der Waals surface area contributed by atoms with Crippen molar-refractivity contribution in [2.45, 2.75) is 65.5 Å². The van der Waals surface area contributed by atoms with Gasteiger partial charge in [0.2, 0.25) is 0 Å². The molecule has 0 aliphatic rings. The van der Waals surface area contributed by atoms with E-state index in [4.69, 9.17) is 4.74 Å². The Kier molecular flexibility index (Phi) is 8.10. The van der Waals surface area contributed by atoms with Gasteiger partial charge in [0, 0.05) is 12.6 Å². The van der Waals surface area contributed by atoms with Gasteiger partial charge < -0.3 is 15.4 Å². The quantitative estimate of drug-likeness (QED) is 0.706. The van der Waals surface area contributed by atoms with Gasteiger partial charge in [-0.05, 0) is 58.2 Å². The zero-order chi connectivity index (χ0) is 17.3. The normalized spacial score (nSPS) is 12.7. The molecule has 1 unspecified atom stereocenters. The Morgan fingerprint density at radius 1 is 1.17 bits per heavy atom. The van der Waals surface area contributed by atoms with Crippen LogP contribution in [0.2, 0.25) is 0 Å². The second-order valence-electron chi connectivity index (χ2n) is 6.95. The van der Waals surface area contributed by atoms with Gasteiger partial charge in [0.1, 0.15) is 5.60 Å². The Morgan fingerprint density at radius 2 is 1.83 bits per heavy atom. The molecule has 0 saturated carbocycles. The first-order chi connectivity index (χ1) is 10.8. The number of carbonyl (C=O) groups excluding carboxylic acids is 1.